The van der Waals surface area contributed by atoms with E-state index < -0.39 is 12.1 Å². The number of carboxylic acids is 1. The van der Waals surface area contributed by atoms with E-state index in [1.54, 1.807) is 0 Å². The van der Waals surface area contributed by atoms with Gasteiger partial charge in [0.15, 0.2) is 0 Å². The van der Waals surface area contributed by atoms with Crippen LogP contribution in [0.1, 0.15) is 39.0 Å². The molecule has 1 atom stereocenters. The molecule has 0 aromatic heterocycles. The number of rotatable bonds is 8. The first-order valence-electron chi connectivity index (χ1n) is 5.11. The molecule has 5 heteroatoms. The van der Waals surface area contributed by atoms with Gasteiger partial charge in [0, 0.05) is 6.42 Å². The predicted octanol–water partition coefficient (Wildman–Crippen LogP) is 0.946. The van der Waals surface area contributed by atoms with E-state index in [2.05, 4.69) is 0 Å². The van der Waals surface area contributed by atoms with Crippen molar-refractivity contribution in [1.29, 1.82) is 0 Å². The van der Waals surface area contributed by atoms with E-state index in [0.29, 0.717) is 19.4 Å². The third kappa shape index (κ3) is 9.21. The van der Waals surface area contributed by atoms with Gasteiger partial charge in [-0.15, -0.1) is 0 Å². The van der Waals surface area contributed by atoms with Crippen LogP contribution in [-0.4, -0.2) is 34.9 Å². The molecule has 0 aliphatic carbocycles. The van der Waals surface area contributed by atoms with Crippen molar-refractivity contribution in [2.24, 2.45) is 0 Å². The fraction of sp³-hybridized carbons (Fsp3) is 0.800. The molecule has 15 heavy (non-hydrogen) atoms. The van der Waals surface area contributed by atoms with Crippen LogP contribution in [0.2, 0.25) is 0 Å². The molecule has 0 radical (unpaired) electrons. The molecule has 88 valence electrons. The smallest absolute Gasteiger partial charge is 0.305 e. The topological polar surface area (TPSA) is 83.8 Å². The first-order valence-corrected chi connectivity index (χ1v) is 5.11. The van der Waals surface area contributed by atoms with E-state index in [4.69, 9.17) is 9.84 Å². The van der Waals surface area contributed by atoms with Gasteiger partial charge in [0.05, 0.1) is 19.1 Å². The minimum absolute atomic E-state index is 0.233. The van der Waals surface area contributed by atoms with Gasteiger partial charge in [-0.25, -0.2) is 0 Å². The highest BCUT2D eigenvalue weighted by Crippen LogP contribution is 2.05. The minimum atomic E-state index is -1.03. The lowest BCUT2D eigenvalue weighted by atomic mass is 10.1. The van der Waals surface area contributed by atoms with E-state index in [0.717, 1.165) is 6.42 Å². The van der Waals surface area contributed by atoms with Gasteiger partial charge < -0.3 is 14.9 Å². The summed E-state index contributed by atoms with van der Waals surface area (Å²) < 4.78 is 4.82. The third-order valence-corrected chi connectivity index (χ3v) is 1.80. The van der Waals surface area contributed by atoms with Crippen LogP contribution in [0.3, 0.4) is 0 Å². The van der Waals surface area contributed by atoms with Crippen molar-refractivity contribution >= 4 is 11.9 Å². The van der Waals surface area contributed by atoms with Crippen LogP contribution in [0, 0.1) is 0 Å². The summed E-state index contributed by atoms with van der Waals surface area (Å²) in [6.07, 6.45) is 0.639. The molecule has 5 nitrogen and oxygen atoms in total. The van der Waals surface area contributed by atoms with E-state index in [1.807, 2.05) is 6.92 Å². The van der Waals surface area contributed by atoms with Crippen molar-refractivity contribution in [3.63, 3.8) is 0 Å². The molecule has 0 saturated heterocycles. The van der Waals surface area contributed by atoms with Crippen molar-refractivity contribution in [2.75, 3.05) is 6.61 Å². The molecular formula is C10H18O5. The Hall–Kier alpha value is -1.10. The maximum atomic E-state index is 11.0. The fourth-order valence-corrected chi connectivity index (χ4v) is 1.07. The molecule has 0 heterocycles. The lowest BCUT2D eigenvalue weighted by Gasteiger charge is -2.07. The molecule has 0 aromatic carbocycles. The summed E-state index contributed by atoms with van der Waals surface area (Å²) in [5.41, 5.74) is 0. The number of aliphatic hydroxyl groups excluding tert-OH is 1. The summed E-state index contributed by atoms with van der Waals surface area (Å²) in [5.74, 6) is -1.32. The number of aliphatic carboxylic acids is 1. The van der Waals surface area contributed by atoms with Gasteiger partial charge >= 0.3 is 11.9 Å². The number of carbonyl (C=O) groups excluding carboxylic acids is 1. The lowest BCUT2D eigenvalue weighted by molar-refractivity contribution is -0.143. The molecule has 0 rings (SSSR count). The molecule has 0 amide bonds. The highest BCUT2D eigenvalue weighted by Gasteiger charge is 2.10. The van der Waals surface area contributed by atoms with Crippen LogP contribution in [0.5, 0.6) is 0 Å². The zero-order chi connectivity index (χ0) is 11.7. The number of ether oxygens (including phenoxy) is 1. The maximum absolute atomic E-state index is 11.0. The van der Waals surface area contributed by atoms with Crippen molar-refractivity contribution in [3.05, 3.63) is 0 Å². The van der Waals surface area contributed by atoms with Gasteiger partial charge in [-0.3, -0.25) is 9.59 Å². The van der Waals surface area contributed by atoms with Gasteiger partial charge in [0.1, 0.15) is 0 Å². The number of hydrogen-bond donors (Lipinski definition) is 2. The van der Waals surface area contributed by atoms with Crippen LogP contribution >= 0.6 is 0 Å². The summed E-state index contributed by atoms with van der Waals surface area (Å²) >= 11 is 0. The summed E-state index contributed by atoms with van der Waals surface area (Å²) in [6, 6.07) is 0. The van der Waals surface area contributed by atoms with E-state index in [-0.39, 0.29) is 18.8 Å². The van der Waals surface area contributed by atoms with Crippen molar-refractivity contribution in [3.8, 4) is 0 Å². The number of esters is 1. The number of hydrogen-bond acceptors (Lipinski definition) is 4. The Morgan fingerprint density at radius 3 is 2.60 bits per heavy atom. The maximum Gasteiger partial charge on any atom is 0.305 e. The van der Waals surface area contributed by atoms with Crippen molar-refractivity contribution in [1.82, 2.24) is 0 Å². The highest BCUT2D eigenvalue weighted by atomic mass is 16.5. The number of aliphatic hydroxyl groups is 1. The summed E-state index contributed by atoms with van der Waals surface area (Å²) in [5, 5.41) is 17.5. The molecule has 0 aliphatic rings. The van der Waals surface area contributed by atoms with Gasteiger partial charge in [-0.2, -0.15) is 0 Å². The monoisotopic (exact) mass is 218 g/mol. The van der Waals surface area contributed by atoms with Crippen LogP contribution in [0.4, 0.5) is 0 Å². The summed E-state index contributed by atoms with van der Waals surface area (Å²) in [6.45, 7) is 2.32. The van der Waals surface area contributed by atoms with Crippen LogP contribution in [0.25, 0.3) is 0 Å². The fourth-order valence-electron chi connectivity index (χ4n) is 1.07. The molecule has 0 fully saturated rings. The molecule has 0 spiro atoms. The average Bonchev–Trinajstić information content (AvgIpc) is 2.13. The molecule has 0 bridgehead atoms. The summed E-state index contributed by atoms with van der Waals surface area (Å²) in [7, 11) is 0. The van der Waals surface area contributed by atoms with Crippen molar-refractivity contribution in [2.45, 2.75) is 45.1 Å². The zero-order valence-corrected chi connectivity index (χ0v) is 8.94. The van der Waals surface area contributed by atoms with E-state index in [1.165, 1.54) is 0 Å². The van der Waals surface area contributed by atoms with E-state index >= 15 is 0 Å². The van der Waals surface area contributed by atoms with Gasteiger partial charge in [0.2, 0.25) is 0 Å². The van der Waals surface area contributed by atoms with Crippen LogP contribution < -0.4 is 0 Å². The largest absolute Gasteiger partial charge is 0.481 e. The first-order chi connectivity index (χ1) is 7.06. The second kappa shape index (κ2) is 8.23. The first kappa shape index (κ1) is 13.9. The molecule has 0 saturated carbocycles. The quantitative estimate of drug-likeness (QED) is 0.592. The van der Waals surface area contributed by atoms with Crippen LogP contribution in [0.15, 0.2) is 0 Å². The highest BCUT2D eigenvalue weighted by molar-refractivity contribution is 5.69. The van der Waals surface area contributed by atoms with Gasteiger partial charge in [-0.05, 0) is 19.3 Å². The molecule has 0 aliphatic heterocycles. The van der Waals surface area contributed by atoms with Gasteiger partial charge in [0.25, 0.3) is 0 Å². The Labute approximate surface area is 89.0 Å². The Balaban J connectivity index is 3.43. The SMILES string of the molecule is CCCOC(=O)CCCC(O)CC(=O)O. The third-order valence-electron chi connectivity index (χ3n) is 1.80. The average molecular weight is 218 g/mol. The predicted molar refractivity (Wildman–Crippen MR) is 53.4 cm³/mol. The second-order valence-electron chi connectivity index (χ2n) is 3.36. The Morgan fingerprint density at radius 2 is 2.07 bits per heavy atom. The van der Waals surface area contributed by atoms with Crippen LogP contribution in [-0.2, 0) is 14.3 Å². The molecule has 2 N–H and O–H groups in total. The number of carboxylic acid groups (broad SMARTS) is 1. The summed E-state index contributed by atoms with van der Waals surface area (Å²) in [4.78, 5) is 21.2. The number of carbonyl (C=O) groups is 2. The minimum Gasteiger partial charge on any atom is -0.481 e. The van der Waals surface area contributed by atoms with Gasteiger partial charge in [-0.1, -0.05) is 6.92 Å². The Kier molecular flexibility index (Phi) is 7.62. The molecular weight excluding hydrogens is 200 g/mol. The Morgan fingerprint density at radius 1 is 1.40 bits per heavy atom. The Bertz CT molecular complexity index is 202. The lowest BCUT2D eigenvalue weighted by Crippen LogP contribution is -2.13. The van der Waals surface area contributed by atoms with E-state index in [9.17, 15) is 14.7 Å². The normalized spacial score (nSPS) is 12.1. The molecule has 0 aromatic rings. The second-order valence-corrected chi connectivity index (χ2v) is 3.36. The molecule has 1 unspecified atom stereocenters. The zero-order valence-electron chi connectivity index (χ0n) is 8.94. The van der Waals surface area contributed by atoms with Crippen molar-refractivity contribution < 1.29 is 24.5 Å². The standard InChI is InChI=1S/C10H18O5/c1-2-6-15-10(14)5-3-4-8(11)7-9(12)13/h8,11H,2-7H2,1H3,(H,12,13).